The maximum Gasteiger partial charge on any atom is 0.132 e. The first-order valence-corrected chi connectivity index (χ1v) is 9.60. The summed E-state index contributed by atoms with van der Waals surface area (Å²) < 4.78 is 16.5. The minimum Gasteiger partial charge on any atom is -0.496 e. The highest BCUT2D eigenvalue weighted by molar-refractivity contribution is 7.99. The van der Waals surface area contributed by atoms with Crippen molar-refractivity contribution in [3.63, 3.8) is 0 Å². The molecule has 1 atom stereocenters. The summed E-state index contributed by atoms with van der Waals surface area (Å²) in [5.74, 6) is 3.51. The van der Waals surface area contributed by atoms with Crippen molar-refractivity contribution in [1.29, 1.82) is 0 Å². The fourth-order valence-electron chi connectivity index (χ4n) is 2.76. The first kappa shape index (κ1) is 20.4. The third-order valence-electron chi connectivity index (χ3n) is 4.05. The average molecular weight is 377 g/mol. The van der Waals surface area contributed by atoms with Crippen LogP contribution < -0.4 is 25.3 Å². The van der Waals surface area contributed by atoms with E-state index in [0.717, 1.165) is 39.0 Å². The van der Waals surface area contributed by atoms with Gasteiger partial charge in [0.25, 0.3) is 0 Å². The molecule has 0 fully saturated rings. The lowest BCUT2D eigenvalue weighted by atomic mass is 10.1. The van der Waals surface area contributed by atoms with Crippen LogP contribution in [-0.4, -0.2) is 33.2 Å². The van der Waals surface area contributed by atoms with E-state index in [9.17, 15) is 0 Å². The topological polar surface area (TPSA) is 65.7 Å². The molecule has 0 radical (unpaired) electrons. The molecule has 5 nitrogen and oxygen atoms in total. The first-order chi connectivity index (χ1) is 12.6. The number of benzene rings is 2. The summed E-state index contributed by atoms with van der Waals surface area (Å²) in [6.45, 7) is 2.75. The van der Waals surface area contributed by atoms with Crippen molar-refractivity contribution in [1.82, 2.24) is 5.32 Å². The predicted octanol–water partition coefficient (Wildman–Crippen LogP) is 3.44. The number of hydrogen-bond donors (Lipinski definition) is 2. The van der Waals surface area contributed by atoms with Gasteiger partial charge in [-0.1, -0.05) is 25.1 Å². The SMILES string of the molecule is CCSc1cc(OC)c(CC(N)NCc2ccccc2OC)cc1OC. The van der Waals surface area contributed by atoms with E-state index in [1.807, 2.05) is 36.4 Å². The molecule has 0 saturated heterocycles. The van der Waals surface area contributed by atoms with Gasteiger partial charge in [-0.3, -0.25) is 5.32 Å². The van der Waals surface area contributed by atoms with Gasteiger partial charge in [0.15, 0.2) is 0 Å². The smallest absolute Gasteiger partial charge is 0.132 e. The molecular weight excluding hydrogens is 348 g/mol. The number of nitrogens with one attached hydrogen (secondary N) is 1. The molecule has 2 rings (SSSR count). The van der Waals surface area contributed by atoms with Crippen molar-refractivity contribution in [3.8, 4) is 17.2 Å². The van der Waals surface area contributed by atoms with Crippen molar-refractivity contribution in [2.24, 2.45) is 5.73 Å². The van der Waals surface area contributed by atoms with Crippen LogP contribution in [0.4, 0.5) is 0 Å². The Morgan fingerprint density at radius 3 is 2.31 bits per heavy atom. The molecule has 1 unspecified atom stereocenters. The van der Waals surface area contributed by atoms with Crippen molar-refractivity contribution >= 4 is 11.8 Å². The van der Waals surface area contributed by atoms with Crippen molar-refractivity contribution in [3.05, 3.63) is 47.5 Å². The van der Waals surface area contributed by atoms with Gasteiger partial charge in [0, 0.05) is 24.1 Å². The molecule has 3 N–H and O–H groups in total. The summed E-state index contributed by atoms with van der Waals surface area (Å²) >= 11 is 1.73. The number of rotatable bonds is 10. The number of ether oxygens (including phenoxy) is 3. The minimum atomic E-state index is -0.219. The van der Waals surface area contributed by atoms with E-state index in [2.05, 4.69) is 12.2 Å². The monoisotopic (exact) mass is 376 g/mol. The van der Waals surface area contributed by atoms with Gasteiger partial charge < -0.3 is 19.9 Å². The third kappa shape index (κ3) is 5.30. The maximum atomic E-state index is 6.30. The summed E-state index contributed by atoms with van der Waals surface area (Å²) in [4.78, 5) is 1.08. The van der Waals surface area contributed by atoms with Gasteiger partial charge in [-0.25, -0.2) is 0 Å². The fraction of sp³-hybridized carbons (Fsp3) is 0.400. The Balaban J connectivity index is 2.09. The summed E-state index contributed by atoms with van der Waals surface area (Å²) in [6.07, 6.45) is 0.411. The Labute approximate surface area is 160 Å². The molecule has 2 aromatic rings. The molecular formula is C20H28N2O3S. The van der Waals surface area contributed by atoms with Crippen LogP contribution >= 0.6 is 11.8 Å². The van der Waals surface area contributed by atoms with E-state index in [1.165, 1.54) is 0 Å². The van der Waals surface area contributed by atoms with Crippen molar-refractivity contribution in [2.45, 2.75) is 31.0 Å². The van der Waals surface area contributed by atoms with Crippen LogP contribution in [0.25, 0.3) is 0 Å². The normalized spacial score (nSPS) is 11.9. The highest BCUT2D eigenvalue weighted by atomic mass is 32.2. The van der Waals surface area contributed by atoms with Crippen molar-refractivity contribution in [2.75, 3.05) is 27.1 Å². The zero-order valence-corrected chi connectivity index (χ0v) is 16.7. The van der Waals surface area contributed by atoms with Crippen LogP contribution in [0.5, 0.6) is 17.2 Å². The van der Waals surface area contributed by atoms with E-state index in [-0.39, 0.29) is 6.17 Å². The van der Waals surface area contributed by atoms with E-state index in [0.29, 0.717) is 13.0 Å². The molecule has 0 bridgehead atoms. The largest absolute Gasteiger partial charge is 0.496 e. The number of nitrogens with two attached hydrogens (primary N) is 1. The highest BCUT2D eigenvalue weighted by Crippen LogP contribution is 2.36. The van der Waals surface area contributed by atoms with Crippen LogP contribution in [0.1, 0.15) is 18.1 Å². The molecule has 0 aromatic heterocycles. The van der Waals surface area contributed by atoms with Gasteiger partial charge in [0.2, 0.25) is 0 Å². The third-order valence-corrected chi connectivity index (χ3v) is 4.97. The summed E-state index contributed by atoms with van der Waals surface area (Å²) in [5.41, 5.74) is 8.40. The average Bonchev–Trinajstić information content (AvgIpc) is 2.67. The maximum absolute atomic E-state index is 6.30. The Morgan fingerprint density at radius 1 is 0.962 bits per heavy atom. The van der Waals surface area contributed by atoms with Gasteiger partial charge in [0.1, 0.15) is 17.2 Å². The van der Waals surface area contributed by atoms with E-state index >= 15 is 0 Å². The molecule has 142 valence electrons. The second-order valence-electron chi connectivity index (χ2n) is 5.75. The first-order valence-electron chi connectivity index (χ1n) is 8.61. The number of hydrogen-bond acceptors (Lipinski definition) is 6. The van der Waals surface area contributed by atoms with Gasteiger partial charge in [0.05, 0.1) is 32.4 Å². The van der Waals surface area contributed by atoms with Crippen molar-refractivity contribution < 1.29 is 14.2 Å². The number of para-hydroxylation sites is 1. The van der Waals surface area contributed by atoms with Gasteiger partial charge in [-0.2, -0.15) is 0 Å². The van der Waals surface area contributed by atoms with Crippen LogP contribution in [0.3, 0.4) is 0 Å². The predicted molar refractivity (Wildman–Crippen MR) is 107 cm³/mol. The summed E-state index contributed by atoms with van der Waals surface area (Å²) in [5, 5.41) is 3.35. The fourth-order valence-corrected chi connectivity index (χ4v) is 3.55. The molecule has 6 heteroatoms. The molecule has 0 aliphatic carbocycles. The van der Waals surface area contributed by atoms with E-state index in [1.54, 1.807) is 33.1 Å². The molecule has 26 heavy (non-hydrogen) atoms. The Kier molecular flexibility index (Phi) is 8.09. The standard InChI is InChI=1S/C20H28N2O3S/c1-5-26-19-12-17(24-3)15(10-18(19)25-4)11-20(21)22-13-14-8-6-7-9-16(14)23-2/h6-10,12,20,22H,5,11,13,21H2,1-4H3. The summed E-state index contributed by atoms with van der Waals surface area (Å²) in [6, 6.07) is 12.0. The molecule has 0 aliphatic rings. The molecule has 2 aromatic carbocycles. The lowest BCUT2D eigenvalue weighted by Gasteiger charge is -2.19. The van der Waals surface area contributed by atoms with Gasteiger partial charge >= 0.3 is 0 Å². The highest BCUT2D eigenvalue weighted by Gasteiger charge is 2.14. The van der Waals surface area contributed by atoms with E-state index in [4.69, 9.17) is 19.9 Å². The molecule has 0 spiro atoms. The van der Waals surface area contributed by atoms with Crippen LogP contribution in [0.2, 0.25) is 0 Å². The summed E-state index contributed by atoms with van der Waals surface area (Å²) in [7, 11) is 5.04. The van der Waals surface area contributed by atoms with Crippen LogP contribution in [0.15, 0.2) is 41.3 Å². The number of methoxy groups -OCH3 is 3. The Bertz CT molecular complexity index is 709. The lowest BCUT2D eigenvalue weighted by Crippen LogP contribution is -2.38. The molecule has 0 saturated carbocycles. The Hall–Kier alpha value is -1.89. The molecule has 0 aliphatic heterocycles. The second kappa shape index (κ2) is 10.3. The molecule has 0 heterocycles. The van der Waals surface area contributed by atoms with Gasteiger partial charge in [-0.05, 0) is 24.0 Å². The number of thioether (sulfide) groups is 1. The molecule has 0 amide bonds. The zero-order chi connectivity index (χ0) is 18.9. The zero-order valence-electron chi connectivity index (χ0n) is 15.9. The van der Waals surface area contributed by atoms with E-state index < -0.39 is 0 Å². The lowest BCUT2D eigenvalue weighted by molar-refractivity contribution is 0.386. The van der Waals surface area contributed by atoms with Crippen LogP contribution in [0, 0.1) is 0 Å². The second-order valence-corrected chi connectivity index (χ2v) is 7.06. The van der Waals surface area contributed by atoms with Gasteiger partial charge in [-0.15, -0.1) is 11.8 Å². The van der Waals surface area contributed by atoms with Crippen LogP contribution in [-0.2, 0) is 13.0 Å². The quantitative estimate of drug-likeness (QED) is 0.489. The Morgan fingerprint density at radius 2 is 1.65 bits per heavy atom. The minimum absolute atomic E-state index is 0.219.